The molecule has 2 aromatic rings. The van der Waals surface area contributed by atoms with E-state index in [1.807, 2.05) is 30.3 Å². The average molecular weight is 392 g/mol. The number of aliphatic hydroxyl groups is 1. The molecule has 1 aliphatic rings. The Balaban J connectivity index is 1.91. The van der Waals surface area contributed by atoms with E-state index in [-0.39, 0.29) is 17.8 Å². The number of fused-ring (bicyclic) bond motifs is 1. The van der Waals surface area contributed by atoms with Crippen LogP contribution in [0.3, 0.4) is 0 Å². The third-order valence-electron chi connectivity index (χ3n) is 4.14. The van der Waals surface area contributed by atoms with Crippen LogP contribution >= 0.6 is 23.1 Å². The van der Waals surface area contributed by atoms with E-state index in [2.05, 4.69) is 5.32 Å². The number of ether oxygens (including phenoxy) is 1. The Morgan fingerprint density at radius 2 is 2.08 bits per heavy atom. The van der Waals surface area contributed by atoms with Crippen LogP contribution in [0.25, 0.3) is 0 Å². The molecule has 2 N–H and O–H groups in total. The summed E-state index contributed by atoms with van der Waals surface area (Å²) < 4.78 is 5.16. The second kappa shape index (κ2) is 8.24. The van der Waals surface area contributed by atoms with Gasteiger partial charge in [0.1, 0.15) is 11.1 Å². The zero-order valence-electron chi connectivity index (χ0n) is 14.7. The van der Waals surface area contributed by atoms with Crippen LogP contribution in [-0.2, 0) is 16.0 Å². The fraction of sp³-hybridized carbons (Fsp3) is 0.368. The normalized spacial score (nSPS) is 18.9. The van der Waals surface area contributed by atoms with Crippen molar-refractivity contribution in [2.24, 2.45) is 0 Å². The van der Waals surface area contributed by atoms with Gasteiger partial charge < -0.3 is 15.2 Å². The van der Waals surface area contributed by atoms with E-state index in [1.165, 1.54) is 18.3 Å². The molecule has 0 fully saturated rings. The first-order chi connectivity index (χ1) is 12.5. The topological polar surface area (TPSA) is 75.6 Å². The Morgan fingerprint density at radius 3 is 2.73 bits per heavy atom. The first kappa shape index (κ1) is 18.9. The van der Waals surface area contributed by atoms with Crippen molar-refractivity contribution < 1.29 is 19.4 Å². The molecule has 1 aliphatic carbocycles. The molecule has 0 aliphatic heterocycles. The van der Waals surface area contributed by atoms with Crippen LogP contribution in [0.2, 0.25) is 0 Å². The molecule has 2 unspecified atom stereocenters. The summed E-state index contributed by atoms with van der Waals surface area (Å²) in [5.74, 6) is -0.700. The summed E-state index contributed by atoms with van der Waals surface area (Å²) in [6, 6.07) is 9.95. The zero-order chi connectivity index (χ0) is 18.7. The fourth-order valence-corrected chi connectivity index (χ4v) is 5.63. The molecule has 1 heterocycles. The van der Waals surface area contributed by atoms with Gasteiger partial charge in [-0.3, -0.25) is 4.79 Å². The molecule has 2 atom stereocenters. The summed E-state index contributed by atoms with van der Waals surface area (Å²) in [4.78, 5) is 25.8. The molecule has 0 saturated carbocycles. The highest BCUT2D eigenvalue weighted by molar-refractivity contribution is 8.00. The van der Waals surface area contributed by atoms with Crippen LogP contribution in [0.4, 0.5) is 5.00 Å². The lowest BCUT2D eigenvalue weighted by atomic mass is 9.93. The minimum atomic E-state index is -0.690. The van der Waals surface area contributed by atoms with E-state index in [4.69, 9.17) is 4.74 Å². The largest absolute Gasteiger partial charge is 0.462 e. The summed E-state index contributed by atoms with van der Waals surface area (Å²) in [7, 11) is 0. The van der Waals surface area contributed by atoms with Crippen LogP contribution in [-0.4, -0.2) is 28.8 Å². The van der Waals surface area contributed by atoms with Crippen LogP contribution in [0, 0.1) is 0 Å². The van der Waals surface area contributed by atoms with Crippen molar-refractivity contribution in [2.75, 3.05) is 11.9 Å². The average Bonchev–Trinajstić information content (AvgIpc) is 2.97. The van der Waals surface area contributed by atoms with Crippen LogP contribution < -0.4 is 5.32 Å². The molecule has 0 saturated heterocycles. The number of thioether (sulfide) groups is 1. The molecule has 0 radical (unpaired) electrons. The fourth-order valence-electron chi connectivity index (χ4n) is 3.05. The Bertz CT molecular complexity index is 803. The summed E-state index contributed by atoms with van der Waals surface area (Å²) in [6.45, 7) is 3.41. The van der Waals surface area contributed by atoms with Crippen molar-refractivity contribution in [1.82, 2.24) is 0 Å². The van der Waals surface area contributed by atoms with E-state index in [1.54, 1.807) is 18.7 Å². The van der Waals surface area contributed by atoms with Gasteiger partial charge in [-0.1, -0.05) is 18.2 Å². The molecule has 138 valence electrons. The van der Waals surface area contributed by atoms with Gasteiger partial charge in [-0.25, -0.2) is 4.79 Å². The number of nitrogens with one attached hydrogen (secondary N) is 1. The third kappa shape index (κ3) is 3.95. The molecular formula is C19H21NO4S2. The van der Waals surface area contributed by atoms with Gasteiger partial charge in [-0.2, -0.15) is 0 Å². The van der Waals surface area contributed by atoms with Crippen molar-refractivity contribution >= 4 is 40.0 Å². The maximum absolute atomic E-state index is 12.4. The van der Waals surface area contributed by atoms with Gasteiger partial charge in [0.25, 0.3) is 0 Å². The van der Waals surface area contributed by atoms with E-state index < -0.39 is 12.1 Å². The van der Waals surface area contributed by atoms with E-state index in [9.17, 15) is 14.7 Å². The lowest BCUT2D eigenvalue weighted by Crippen LogP contribution is -2.22. The minimum Gasteiger partial charge on any atom is -0.462 e. The van der Waals surface area contributed by atoms with Crippen LogP contribution in [0.1, 0.15) is 47.2 Å². The minimum absolute atomic E-state index is 0.00349. The molecule has 3 rings (SSSR count). The third-order valence-corrected chi connectivity index (χ3v) is 6.70. The Morgan fingerprint density at radius 1 is 1.35 bits per heavy atom. The Labute approximate surface area is 160 Å². The van der Waals surface area contributed by atoms with Crippen molar-refractivity contribution in [3.8, 4) is 0 Å². The maximum Gasteiger partial charge on any atom is 0.341 e. The number of rotatable bonds is 5. The van der Waals surface area contributed by atoms with Crippen molar-refractivity contribution in [3.05, 3.63) is 46.3 Å². The number of hydrogen-bond donors (Lipinski definition) is 2. The number of benzene rings is 1. The number of hydrogen-bond acceptors (Lipinski definition) is 6. The zero-order valence-corrected chi connectivity index (χ0v) is 16.3. The van der Waals surface area contributed by atoms with Gasteiger partial charge >= 0.3 is 5.97 Å². The molecule has 26 heavy (non-hydrogen) atoms. The van der Waals surface area contributed by atoms with E-state index >= 15 is 0 Å². The molecule has 5 nitrogen and oxygen atoms in total. The lowest BCUT2D eigenvalue weighted by molar-refractivity contribution is -0.114. The summed E-state index contributed by atoms with van der Waals surface area (Å²) in [6.07, 6.45) is 0.724. The number of thiophene rings is 1. The Kier molecular flexibility index (Phi) is 6.01. The standard InChI is InChI=1S/C19H21NO4S2/c1-3-24-19(23)15-13-9-10-14(25-12-7-5-4-6-8-12)16(22)17(13)26-18(15)20-11(2)21/h4-8,14,16,22H,3,9-10H2,1-2H3,(H,20,21). The number of aliphatic hydroxyl groups excluding tert-OH is 1. The van der Waals surface area contributed by atoms with Gasteiger partial charge in [-0.15, -0.1) is 23.1 Å². The Hall–Kier alpha value is -1.83. The molecule has 1 aromatic carbocycles. The van der Waals surface area contributed by atoms with Crippen LogP contribution in [0.5, 0.6) is 0 Å². The smallest absolute Gasteiger partial charge is 0.341 e. The first-order valence-electron chi connectivity index (χ1n) is 8.51. The van der Waals surface area contributed by atoms with Crippen molar-refractivity contribution in [2.45, 2.75) is 42.9 Å². The highest BCUT2D eigenvalue weighted by atomic mass is 32.2. The predicted octanol–water partition coefficient (Wildman–Crippen LogP) is 4.02. The van der Waals surface area contributed by atoms with E-state index in [0.29, 0.717) is 17.0 Å². The number of carbonyl (C=O) groups is 2. The van der Waals surface area contributed by atoms with Gasteiger partial charge in [0.05, 0.1) is 12.2 Å². The second-order valence-electron chi connectivity index (χ2n) is 6.00. The van der Waals surface area contributed by atoms with Gasteiger partial charge in [0, 0.05) is 21.9 Å². The first-order valence-corrected chi connectivity index (χ1v) is 10.2. The van der Waals surface area contributed by atoms with Crippen LogP contribution in [0.15, 0.2) is 35.2 Å². The van der Waals surface area contributed by atoms with Gasteiger partial charge in [-0.05, 0) is 37.5 Å². The number of anilines is 1. The maximum atomic E-state index is 12.4. The van der Waals surface area contributed by atoms with Crippen molar-refractivity contribution in [1.29, 1.82) is 0 Å². The molecule has 1 aromatic heterocycles. The summed E-state index contributed by atoms with van der Waals surface area (Å²) in [5, 5.41) is 14.1. The predicted molar refractivity (Wildman–Crippen MR) is 104 cm³/mol. The van der Waals surface area contributed by atoms with Gasteiger partial charge in [0.2, 0.25) is 5.91 Å². The molecule has 7 heteroatoms. The number of esters is 1. The SMILES string of the molecule is CCOC(=O)c1c(NC(C)=O)sc2c1CCC(Sc1ccccc1)C2O. The highest BCUT2D eigenvalue weighted by Gasteiger charge is 2.36. The highest BCUT2D eigenvalue weighted by Crippen LogP contribution is 2.47. The number of carbonyl (C=O) groups excluding carboxylic acids is 2. The monoisotopic (exact) mass is 391 g/mol. The van der Waals surface area contributed by atoms with E-state index in [0.717, 1.165) is 21.8 Å². The lowest BCUT2D eigenvalue weighted by Gasteiger charge is -2.27. The molecular weight excluding hydrogens is 370 g/mol. The van der Waals surface area contributed by atoms with Crippen molar-refractivity contribution in [3.63, 3.8) is 0 Å². The second-order valence-corrected chi connectivity index (χ2v) is 8.37. The summed E-state index contributed by atoms with van der Waals surface area (Å²) >= 11 is 2.91. The molecule has 0 bridgehead atoms. The quantitative estimate of drug-likeness (QED) is 0.753. The van der Waals surface area contributed by atoms with Gasteiger partial charge in [0.15, 0.2) is 0 Å². The summed E-state index contributed by atoms with van der Waals surface area (Å²) in [5.41, 5.74) is 1.19. The molecule has 0 spiro atoms. The number of amides is 1. The molecule has 1 amide bonds.